The first-order valence-corrected chi connectivity index (χ1v) is 6.54. The molecule has 1 amide bonds. The van der Waals surface area contributed by atoms with Crippen LogP contribution in [0.3, 0.4) is 0 Å². The smallest absolute Gasteiger partial charge is 0.220 e. The summed E-state index contributed by atoms with van der Waals surface area (Å²) in [6.07, 6.45) is 3.51. The van der Waals surface area contributed by atoms with Crippen LogP contribution in [-0.2, 0) is 11.3 Å². The normalized spacial score (nSPS) is 12.4. The molecule has 1 unspecified atom stereocenters. The van der Waals surface area contributed by atoms with E-state index in [1.165, 1.54) is 0 Å². The fourth-order valence-corrected chi connectivity index (χ4v) is 1.90. The number of nitrogens with zero attached hydrogens (tertiary/aromatic N) is 1. The van der Waals surface area contributed by atoms with Crippen molar-refractivity contribution in [2.75, 3.05) is 6.54 Å². The van der Waals surface area contributed by atoms with Gasteiger partial charge in [-0.2, -0.15) is 0 Å². The Hall–Kier alpha value is -1.36. The molecule has 0 saturated carbocycles. The minimum atomic E-state index is 0.0551. The average molecular weight is 253 g/mol. The number of nitrogens with two attached hydrogens (primary N) is 1. The van der Waals surface area contributed by atoms with Crippen molar-refractivity contribution >= 4 is 5.91 Å². The van der Waals surface area contributed by atoms with Crippen LogP contribution in [0.1, 0.15) is 44.1 Å². The van der Waals surface area contributed by atoms with Gasteiger partial charge in [0.2, 0.25) is 5.91 Å². The lowest BCUT2D eigenvalue weighted by Crippen LogP contribution is -2.23. The lowest BCUT2D eigenvalue weighted by atomic mass is 9.96. The quantitative estimate of drug-likeness (QED) is 0.739. The van der Waals surface area contributed by atoms with Gasteiger partial charge in [-0.3, -0.25) is 4.79 Å². The average Bonchev–Trinajstić information content (AvgIpc) is 2.77. The number of hydrogen-bond donors (Lipinski definition) is 2. The van der Waals surface area contributed by atoms with Crippen LogP contribution in [0.15, 0.2) is 10.6 Å². The molecule has 0 bridgehead atoms. The third-order valence-corrected chi connectivity index (χ3v) is 3.07. The molecule has 1 rings (SSSR count). The van der Waals surface area contributed by atoms with E-state index >= 15 is 0 Å². The highest BCUT2D eigenvalue weighted by atomic mass is 16.5. The number of rotatable bonds is 8. The van der Waals surface area contributed by atoms with E-state index in [2.05, 4.69) is 17.4 Å². The van der Waals surface area contributed by atoms with Crippen molar-refractivity contribution < 1.29 is 9.32 Å². The first-order valence-electron chi connectivity index (χ1n) is 6.54. The van der Waals surface area contributed by atoms with Crippen molar-refractivity contribution in [1.29, 1.82) is 0 Å². The second-order valence-electron chi connectivity index (χ2n) is 4.60. The van der Waals surface area contributed by atoms with Gasteiger partial charge in [-0.25, -0.2) is 0 Å². The van der Waals surface area contributed by atoms with Gasteiger partial charge in [-0.05, 0) is 32.2 Å². The first kappa shape index (κ1) is 14.7. The molecule has 0 radical (unpaired) electrons. The van der Waals surface area contributed by atoms with Gasteiger partial charge >= 0.3 is 0 Å². The molecule has 1 aromatic rings. The van der Waals surface area contributed by atoms with Gasteiger partial charge in [0.05, 0.1) is 12.2 Å². The van der Waals surface area contributed by atoms with Crippen molar-refractivity contribution in [2.45, 2.75) is 46.1 Å². The first-order chi connectivity index (χ1) is 8.65. The largest absolute Gasteiger partial charge is 0.359 e. The molecule has 0 saturated heterocycles. The summed E-state index contributed by atoms with van der Waals surface area (Å²) in [6, 6.07) is 1.82. The Balaban J connectivity index is 2.21. The van der Waals surface area contributed by atoms with E-state index in [9.17, 15) is 4.79 Å². The van der Waals surface area contributed by atoms with Crippen molar-refractivity contribution in [3.05, 3.63) is 17.5 Å². The van der Waals surface area contributed by atoms with E-state index in [4.69, 9.17) is 10.3 Å². The Morgan fingerprint density at radius 1 is 1.56 bits per heavy atom. The molecule has 1 atom stereocenters. The zero-order valence-electron chi connectivity index (χ0n) is 11.2. The maximum Gasteiger partial charge on any atom is 0.220 e. The minimum absolute atomic E-state index is 0.0551. The predicted octanol–water partition coefficient (Wildman–Crippen LogP) is 1.75. The van der Waals surface area contributed by atoms with E-state index < -0.39 is 0 Å². The molecule has 0 aromatic carbocycles. The summed E-state index contributed by atoms with van der Waals surface area (Å²) in [7, 11) is 0. The molecule has 1 aromatic heterocycles. The number of hydrogen-bond acceptors (Lipinski definition) is 4. The van der Waals surface area contributed by atoms with E-state index in [1.54, 1.807) is 0 Å². The molecule has 102 valence electrons. The van der Waals surface area contributed by atoms with Crippen LogP contribution in [0.25, 0.3) is 0 Å². The third kappa shape index (κ3) is 5.31. The highest BCUT2D eigenvalue weighted by Crippen LogP contribution is 2.14. The van der Waals surface area contributed by atoms with Crippen LogP contribution < -0.4 is 11.1 Å². The minimum Gasteiger partial charge on any atom is -0.359 e. The Morgan fingerprint density at radius 2 is 2.33 bits per heavy atom. The Kier molecular flexibility index (Phi) is 6.43. The maximum atomic E-state index is 11.6. The summed E-state index contributed by atoms with van der Waals surface area (Å²) in [6.45, 7) is 5.09. The Bertz CT molecular complexity index is 363. The molecule has 3 N–H and O–H groups in total. The molecule has 18 heavy (non-hydrogen) atoms. The third-order valence-electron chi connectivity index (χ3n) is 3.07. The lowest BCUT2D eigenvalue weighted by Gasteiger charge is -2.12. The van der Waals surface area contributed by atoms with Crippen LogP contribution >= 0.6 is 0 Å². The lowest BCUT2D eigenvalue weighted by molar-refractivity contribution is -0.121. The van der Waals surface area contributed by atoms with E-state index in [1.807, 2.05) is 13.0 Å². The van der Waals surface area contributed by atoms with Crippen molar-refractivity contribution in [2.24, 2.45) is 11.7 Å². The van der Waals surface area contributed by atoms with Gasteiger partial charge < -0.3 is 15.6 Å². The van der Waals surface area contributed by atoms with Gasteiger partial charge in [0.25, 0.3) is 0 Å². The number of aromatic nitrogens is 1. The molecule has 5 heteroatoms. The molecular weight excluding hydrogens is 230 g/mol. The molecule has 0 aliphatic rings. The highest BCUT2D eigenvalue weighted by molar-refractivity contribution is 5.75. The summed E-state index contributed by atoms with van der Waals surface area (Å²) in [5.74, 6) is 1.29. The van der Waals surface area contributed by atoms with Gasteiger partial charge in [0.15, 0.2) is 5.76 Å². The topological polar surface area (TPSA) is 81.2 Å². The van der Waals surface area contributed by atoms with E-state index in [0.29, 0.717) is 31.2 Å². The fourth-order valence-electron chi connectivity index (χ4n) is 1.90. The SMILES string of the molecule is CCC(CCN)CCC(=O)NCc1cc(C)no1. The summed E-state index contributed by atoms with van der Waals surface area (Å²) in [5, 5.41) is 6.60. The number of aryl methyl sites for hydroxylation is 1. The number of amides is 1. The number of carbonyl (C=O) groups excluding carboxylic acids is 1. The van der Waals surface area contributed by atoms with Crippen LogP contribution in [0.4, 0.5) is 0 Å². The van der Waals surface area contributed by atoms with Crippen molar-refractivity contribution in [3.8, 4) is 0 Å². The second-order valence-corrected chi connectivity index (χ2v) is 4.60. The van der Waals surface area contributed by atoms with Gasteiger partial charge in [0.1, 0.15) is 0 Å². The van der Waals surface area contributed by atoms with Gasteiger partial charge in [-0.15, -0.1) is 0 Å². The summed E-state index contributed by atoms with van der Waals surface area (Å²) in [4.78, 5) is 11.6. The summed E-state index contributed by atoms with van der Waals surface area (Å²) >= 11 is 0. The number of carbonyl (C=O) groups is 1. The van der Waals surface area contributed by atoms with Crippen molar-refractivity contribution in [1.82, 2.24) is 10.5 Å². The summed E-state index contributed by atoms with van der Waals surface area (Å²) in [5.41, 5.74) is 6.36. The molecule has 0 aliphatic heterocycles. The highest BCUT2D eigenvalue weighted by Gasteiger charge is 2.09. The van der Waals surface area contributed by atoms with Gasteiger partial charge in [0, 0.05) is 12.5 Å². The van der Waals surface area contributed by atoms with Crippen molar-refractivity contribution in [3.63, 3.8) is 0 Å². The molecule has 0 spiro atoms. The van der Waals surface area contributed by atoms with E-state index in [0.717, 1.165) is 25.0 Å². The molecule has 1 heterocycles. The zero-order chi connectivity index (χ0) is 13.4. The molecule has 5 nitrogen and oxygen atoms in total. The summed E-state index contributed by atoms with van der Waals surface area (Å²) < 4.78 is 5.02. The van der Waals surface area contributed by atoms with E-state index in [-0.39, 0.29) is 5.91 Å². The Morgan fingerprint density at radius 3 is 2.89 bits per heavy atom. The van der Waals surface area contributed by atoms with Crippen LogP contribution in [-0.4, -0.2) is 17.6 Å². The maximum absolute atomic E-state index is 11.6. The van der Waals surface area contributed by atoms with Crippen LogP contribution in [0, 0.1) is 12.8 Å². The second kappa shape index (κ2) is 7.87. The fraction of sp³-hybridized carbons (Fsp3) is 0.692. The van der Waals surface area contributed by atoms with Crippen LogP contribution in [0.5, 0.6) is 0 Å². The molecular formula is C13H23N3O2. The monoisotopic (exact) mass is 253 g/mol. The van der Waals surface area contributed by atoms with Crippen LogP contribution in [0.2, 0.25) is 0 Å². The molecule has 0 fully saturated rings. The zero-order valence-corrected chi connectivity index (χ0v) is 11.2. The standard InChI is InChI=1S/C13H23N3O2/c1-3-11(6-7-14)4-5-13(17)15-9-12-8-10(2)16-18-12/h8,11H,3-7,9,14H2,1-2H3,(H,15,17). The number of nitrogens with one attached hydrogen (secondary N) is 1. The molecule has 0 aliphatic carbocycles. The van der Waals surface area contributed by atoms with Gasteiger partial charge in [-0.1, -0.05) is 18.5 Å². The predicted molar refractivity (Wildman–Crippen MR) is 69.8 cm³/mol. The Labute approximate surface area is 108 Å².